The predicted molar refractivity (Wildman–Crippen MR) is 134 cm³/mol. The second-order valence-electron chi connectivity index (χ2n) is 9.74. The van der Waals surface area contributed by atoms with Crippen molar-refractivity contribution in [3.8, 4) is 34.5 Å². The van der Waals surface area contributed by atoms with E-state index in [0.29, 0.717) is 5.69 Å². The highest BCUT2D eigenvalue weighted by molar-refractivity contribution is 5.91. The lowest BCUT2D eigenvalue weighted by molar-refractivity contribution is -0.0188. The Bertz CT molecular complexity index is 1350. The Hall–Kier alpha value is -4.80. The van der Waals surface area contributed by atoms with Gasteiger partial charge >= 0.3 is 12.1 Å². The maximum Gasteiger partial charge on any atom is 0.412 e. The molecule has 1 aliphatic heterocycles. The van der Waals surface area contributed by atoms with Crippen LogP contribution in [0.4, 0.5) is 10.5 Å². The van der Waals surface area contributed by atoms with Gasteiger partial charge in [0.2, 0.25) is 0 Å². The van der Waals surface area contributed by atoms with Gasteiger partial charge in [-0.2, -0.15) is 0 Å². The van der Waals surface area contributed by atoms with Gasteiger partial charge in [-0.3, -0.25) is 5.32 Å². The van der Waals surface area contributed by atoms with Gasteiger partial charge in [-0.15, -0.1) is 0 Å². The fraction of sp³-hybridized carbons (Fsp3) is 0.259. The number of esters is 1. The number of carbonyl (C=O) groups excluding carboxylic acids is 2. The van der Waals surface area contributed by atoms with Crippen LogP contribution in [0.25, 0.3) is 0 Å². The van der Waals surface area contributed by atoms with E-state index in [1.165, 1.54) is 30.3 Å². The van der Waals surface area contributed by atoms with Crippen molar-refractivity contribution in [1.29, 1.82) is 0 Å². The summed E-state index contributed by atoms with van der Waals surface area (Å²) in [7, 11) is 0. The van der Waals surface area contributed by atoms with Crippen LogP contribution in [-0.4, -0.2) is 49.3 Å². The Morgan fingerprint density at radius 3 is 2.16 bits per heavy atom. The summed E-state index contributed by atoms with van der Waals surface area (Å²) in [6.07, 6.45) is -2.81. The number of phenolic OH excluding ortho intramolecular Hbond substituents is 5. The third kappa shape index (κ3) is 5.77. The second kappa shape index (κ2) is 9.92. The fourth-order valence-corrected chi connectivity index (χ4v) is 3.94. The van der Waals surface area contributed by atoms with E-state index in [4.69, 9.17) is 14.2 Å². The SMILES string of the molecule is CC(C)(C)OC(=O)Nc1ccc(C(=O)O[C@@H]2Cc3c(O)cc(O)cc3O[C@@H]2c2cc(O)c(O)c(O)c2)cc1. The van der Waals surface area contributed by atoms with E-state index in [2.05, 4.69) is 5.32 Å². The summed E-state index contributed by atoms with van der Waals surface area (Å²) in [6.45, 7) is 5.20. The van der Waals surface area contributed by atoms with Gasteiger partial charge in [-0.05, 0) is 57.2 Å². The van der Waals surface area contributed by atoms with E-state index in [9.17, 15) is 35.1 Å². The molecular formula is C27H27NO10. The van der Waals surface area contributed by atoms with Gasteiger partial charge in [0.15, 0.2) is 23.4 Å². The van der Waals surface area contributed by atoms with Crippen molar-refractivity contribution in [2.24, 2.45) is 0 Å². The van der Waals surface area contributed by atoms with Crippen molar-refractivity contribution in [3.05, 3.63) is 65.2 Å². The van der Waals surface area contributed by atoms with E-state index in [-0.39, 0.29) is 40.4 Å². The first-order valence-electron chi connectivity index (χ1n) is 11.6. The summed E-state index contributed by atoms with van der Waals surface area (Å²) in [5.74, 6) is -3.13. The summed E-state index contributed by atoms with van der Waals surface area (Å²) < 4.78 is 16.8. The number of rotatable bonds is 4. The molecule has 0 aromatic heterocycles. The zero-order valence-electron chi connectivity index (χ0n) is 20.8. The average Bonchev–Trinajstić information content (AvgIpc) is 2.81. The normalized spacial score (nSPS) is 16.6. The number of fused-ring (bicyclic) bond motifs is 1. The molecule has 11 nitrogen and oxygen atoms in total. The number of aromatic hydroxyl groups is 5. The van der Waals surface area contributed by atoms with Crippen molar-refractivity contribution in [3.63, 3.8) is 0 Å². The molecule has 11 heteroatoms. The van der Waals surface area contributed by atoms with E-state index in [0.717, 1.165) is 18.2 Å². The molecule has 0 spiro atoms. The first kappa shape index (κ1) is 26.3. The zero-order valence-corrected chi connectivity index (χ0v) is 20.8. The molecule has 38 heavy (non-hydrogen) atoms. The molecule has 6 N–H and O–H groups in total. The highest BCUT2D eigenvalue weighted by atomic mass is 16.6. The first-order chi connectivity index (χ1) is 17.8. The smallest absolute Gasteiger partial charge is 0.412 e. The number of phenols is 5. The van der Waals surface area contributed by atoms with Crippen LogP contribution in [0.2, 0.25) is 0 Å². The molecular weight excluding hydrogens is 498 g/mol. The van der Waals surface area contributed by atoms with E-state index >= 15 is 0 Å². The quantitative estimate of drug-likeness (QED) is 0.211. The minimum atomic E-state index is -1.09. The van der Waals surface area contributed by atoms with Crippen molar-refractivity contribution in [1.82, 2.24) is 0 Å². The molecule has 0 unspecified atom stereocenters. The fourth-order valence-electron chi connectivity index (χ4n) is 3.94. The van der Waals surface area contributed by atoms with Crippen molar-refractivity contribution in [2.75, 3.05) is 5.32 Å². The Kier molecular flexibility index (Phi) is 6.86. The van der Waals surface area contributed by atoms with Crippen LogP contribution in [0.3, 0.4) is 0 Å². The molecule has 0 saturated heterocycles. The van der Waals surface area contributed by atoms with Crippen molar-refractivity contribution >= 4 is 17.7 Å². The summed E-state index contributed by atoms with van der Waals surface area (Å²) in [5, 5.41) is 52.5. The molecule has 1 heterocycles. The van der Waals surface area contributed by atoms with E-state index < -0.39 is 47.1 Å². The molecule has 1 aliphatic rings. The van der Waals surface area contributed by atoms with Crippen LogP contribution < -0.4 is 10.1 Å². The molecule has 0 fully saturated rings. The van der Waals surface area contributed by atoms with Gasteiger partial charge in [0.05, 0.1) is 5.56 Å². The van der Waals surface area contributed by atoms with Gasteiger partial charge in [0, 0.05) is 35.4 Å². The third-order valence-corrected chi connectivity index (χ3v) is 5.61. The lowest BCUT2D eigenvalue weighted by atomic mass is 9.93. The van der Waals surface area contributed by atoms with Gasteiger partial charge < -0.3 is 39.7 Å². The zero-order chi connectivity index (χ0) is 27.8. The molecule has 200 valence electrons. The summed E-state index contributed by atoms with van der Waals surface area (Å²) in [6, 6.07) is 10.6. The number of hydrogen-bond acceptors (Lipinski definition) is 10. The number of benzene rings is 3. The van der Waals surface area contributed by atoms with Gasteiger partial charge in [0.25, 0.3) is 0 Å². The molecule has 4 rings (SSSR count). The molecule has 0 saturated carbocycles. The third-order valence-electron chi connectivity index (χ3n) is 5.61. The molecule has 3 aromatic rings. The maximum absolute atomic E-state index is 13.0. The Labute approximate surface area is 217 Å². The van der Waals surface area contributed by atoms with Crippen molar-refractivity contribution in [2.45, 2.75) is 45.0 Å². The summed E-state index contributed by atoms with van der Waals surface area (Å²) >= 11 is 0. The number of nitrogens with one attached hydrogen (secondary N) is 1. The van der Waals surface area contributed by atoms with E-state index in [1.54, 1.807) is 20.8 Å². The highest BCUT2D eigenvalue weighted by Crippen LogP contribution is 2.45. The summed E-state index contributed by atoms with van der Waals surface area (Å²) in [4.78, 5) is 25.0. The number of carbonyl (C=O) groups is 2. The first-order valence-corrected chi connectivity index (χ1v) is 11.6. The monoisotopic (exact) mass is 525 g/mol. The van der Waals surface area contributed by atoms with Gasteiger partial charge in [-0.25, -0.2) is 9.59 Å². The number of hydrogen-bond donors (Lipinski definition) is 6. The van der Waals surface area contributed by atoms with E-state index in [1.807, 2.05) is 0 Å². The molecule has 0 radical (unpaired) electrons. The van der Waals surface area contributed by atoms with Crippen molar-refractivity contribution < 1.29 is 49.3 Å². The van der Waals surface area contributed by atoms with Gasteiger partial charge in [0.1, 0.15) is 29.0 Å². The molecule has 3 aromatic carbocycles. The number of anilines is 1. The van der Waals surface area contributed by atoms with Crippen LogP contribution in [0.1, 0.15) is 48.4 Å². The minimum absolute atomic E-state index is 0.0292. The molecule has 0 aliphatic carbocycles. The van der Waals surface area contributed by atoms with Crippen LogP contribution in [0.15, 0.2) is 48.5 Å². The van der Waals surface area contributed by atoms with Crippen LogP contribution in [0, 0.1) is 0 Å². The minimum Gasteiger partial charge on any atom is -0.508 e. The van der Waals surface area contributed by atoms with Crippen LogP contribution in [-0.2, 0) is 15.9 Å². The lowest BCUT2D eigenvalue weighted by Gasteiger charge is -2.34. The Morgan fingerprint density at radius 2 is 1.55 bits per heavy atom. The number of amides is 1. The lowest BCUT2D eigenvalue weighted by Crippen LogP contribution is -2.34. The topological polar surface area (TPSA) is 175 Å². The second-order valence-corrected chi connectivity index (χ2v) is 9.74. The van der Waals surface area contributed by atoms with Gasteiger partial charge in [-0.1, -0.05) is 0 Å². The average molecular weight is 526 g/mol. The Balaban J connectivity index is 1.58. The standard InChI is InChI=1S/C27H27NO10/c1-27(2,3)38-26(35)28-15-6-4-13(5-7-15)25(34)37-22-12-17-18(30)10-16(29)11-21(17)36-24(22)14-8-19(31)23(33)20(32)9-14/h4-11,22,24,29-33H,12H2,1-3H3,(H,28,35)/t22-,24-/m1/s1. The molecule has 0 bridgehead atoms. The van der Waals surface area contributed by atoms with Crippen LogP contribution in [0.5, 0.6) is 34.5 Å². The predicted octanol–water partition coefficient (Wildman–Crippen LogP) is 4.46. The Morgan fingerprint density at radius 1 is 0.921 bits per heavy atom. The number of ether oxygens (including phenoxy) is 3. The maximum atomic E-state index is 13.0. The largest absolute Gasteiger partial charge is 0.508 e. The molecule has 1 amide bonds. The highest BCUT2D eigenvalue weighted by Gasteiger charge is 2.37. The van der Waals surface area contributed by atoms with Crippen LogP contribution >= 0.6 is 0 Å². The summed E-state index contributed by atoms with van der Waals surface area (Å²) in [5.41, 5.74) is 0.310. The molecule has 2 atom stereocenters.